The maximum atomic E-state index is 12.9. The second-order valence-electron chi connectivity index (χ2n) is 15.6. The Hall–Kier alpha value is -6.01. The highest BCUT2D eigenvalue weighted by Crippen LogP contribution is 2.40. The summed E-state index contributed by atoms with van der Waals surface area (Å²) < 4.78 is 14.5. The molecule has 1 aromatic carbocycles. The number of ether oxygens (including phenoxy) is 2. The minimum Gasteiger partial charge on any atom is -0.490 e. The van der Waals surface area contributed by atoms with Crippen LogP contribution in [0.1, 0.15) is 115 Å². The van der Waals surface area contributed by atoms with E-state index < -0.39 is 0 Å². The quantitative estimate of drug-likeness (QED) is 0.203. The molecule has 15 heteroatoms. The zero-order valence-electron chi connectivity index (χ0n) is 33.0. The lowest BCUT2D eigenvalue weighted by Crippen LogP contribution is -2.40. The first kappa shape index (κ1) is 39.8. The van der Waals surface area contributed by atoms with E-state index in [4.69, 9.17) is 31.4 Å². The van der Waals surface area contributed by atoms with Crippen molar-refractivity contribution in [2.45, 2.75) is 108 Å². The van der Waals surface area contributed by atoms with Crippen molar-refractivity contribution in [2.75, 3.05) is 24.6 Å². The van der Waals surface area contributed by atoms with Gasteiger partial charge in [-0.05, 0) is 106 Å². The predicted octanol–water partition coefficient (Wildman–Crippen LogP) is 6.13. The monoisotopic (exact) mass is 812 g/mol. The Morgan fingerprint density at radius 1 is 0.932 bits per heavy atom. The van der Waals surface area contributed by atoms with Gasteiger partial charge in [0.05, 0.1) is 47.3 Å². The van der Waals surface area contributed by atoms with Crippen molar-refractivity contribution >= 4 is 34.9 Å². The van der Waals surface area contributed by atoms with Crippen LogP contribution < -0.4 is 15.0 Å². The number of carbonyl (C=O) groups is 2. The number of aromatic nitrogens is 5. The smallest absolute Gasteiger partial charge is 0.272 e. The van der Waals surface area contributed by atoms with Crippen molar-refractivity contribution in [2.24, 2.45) is 0 Å². The number of halogens is 1. The molecule has 4 aliphatic rings. The van der Waals surface area contributed by atoms with Crippen LogP contribution in [-0.4, -0.2) is 79.6 Å². The molecule has 1 N–H and O–H groups in total. The number of hydrogen-bond donors (Lipinski definition) is 1. The summed E-state index contributed by atoms with van der Waals surface area (Å²) in [7, 11) is 0. The van der Waals surface area contributed by atoms with Gasteiger partial charge in [0.15, 0.2) is 11.5 Å². The normalized spacial score (nSPS) is 21.2. The highest BCUT2D eigenvalue weighted by atomic mass is 35.5. The van der Waals surface area contributed by atoms with Gasteiger partial charge in [-0.25, -0.2) is 4.98 Å². The van der Waals surface area contributed by atoms with Crippen LogP contribution in [-0.2, 0) is 28.9 Å². The third-order valence-corrected chi connectivity index (χ3v) is 12.1. The number of benzene rings is 1. The number of hydrogen-bond acceptors (Lipinski definition) is 11. The molecule has 5 heterocycles. The fourth-order valence-electron chi connectivity index (χ4n) is 8.68. The molecule has 0 unspecified atom stereocenters. The number of amides is 2. The molecule has 0 radical (unpaired) electrons. The molecule has 4 aromatic rings. The standard InChI is InChI=1S/C44H45ClN10O4/c1-28(56)53-20-18-41-38(27-53)43(54-19-2-4-29-22-33(25-47)48-26-42(29)54)52-55(41)34-10-15-35(16-11-34)58-21-3-5-32-9-17-40(51-50-32)44(57)49-31-7-13-36(14-8-31)59-37-12-6-30(24-46)39(45)23-37/h6,9,12,17,22-23,26,31,34-36H,2,4,7-8,10-11,13-16,18-21,27H2,1H3,(H,49,57). The molecular formula is C44H45ClN10O4. The summed E-state index contributed by atoms with van der Waals surface area (Å²) in [5.41, 5.74) is 5.93. The topological polar surface area (TPSA) is 175 Å². The number of nitrogens with zero attached hydrogens (tertiary/aromatic N) is 9. The van der Waals surface area contributed by atoms with Crippen molar-refractivity contribution in [3.63, 3.8) is 0 Å². The molecule has 0 spiro atoms. The molecule has 302 valence electrons. The van der Waals surface area contributed by atoms with Gasteiger partial charge in [0, 0.05) is 49.8 Å². The summed E-state index contributed by atoms with van der Waals surface area (Å²) in [6.45, 7) is 3.90. The second-order valence-corrected chi connectivity index (χ2v) is 16.0. The van der Waals surface area contributed by atoms with E-state index in [1.54, 1.807) is 43.5 Å². The maximum Gasteiger partial charge on any atom is 0.272 e. The molecule has 0 atom stereocenters. The molecule has 3 aromatic heterocycles. The number of carbonyl (C=O) groups excluding carboxylic acids is 2. The van der Waals surface area contributed by atoms with Crippen LogP contribution in [0.5, 0.6) is 5.75 Å². The van der Waals surface area contributed by atoms with E-state index in [1.807, 2.05) is 17.0 Å². The third-order valence-electron chi connectivity index (χ3n) is 11.8. The molecule has 0 bridgehead atoms. The summed E-state index contributed by atoms with van der Waals surface area (Å²) in [5, 5.41) is 35.5. The molecule has 0 saturated heterocycles. The summed E-state index contributed by atoms with van der Waals surface area (Å²) in [5.74, 6) is 7.38. The van der Waals surface area contributed by atoms with E-state index in [1.165, 1.54) is 5.69 Å². The molecule has 14 nitrogen and oxygen atoms in total. The van der Waals surface area contributed by atoms with Crippen LogP contribution in [0.4, 0.5) is 11.5 Å². The number of anilines is 2. The Kier molecular flexibility index (Phi) is 12.0. The van der Waals surface area contributed by atoms with Gasteiger partial charge < -0.3 is 24.6 Å². The SMILES string of the molecule is CC(=O)N1CCc2c(c(N3CCCc4cc(C#N)ncc43)nn2C2CCC(OCC#Cc3ccc(C(=O)NC4CCC(Oc5ccc(C#N)c(Cl)c5)CC4)nn3)CC2)C1. The van der Waals surface area contributed by atoms with E-state index in [2.05, 4.69) is 48.0 Å². The number of aryl methyl sites for hydroxylation is 1. The average Bonchev–Trinajstić information content (AvgIpc) is 3.64. The van der Waals surface area contributed by atoms with Crippen molar-refractivity contribution in [1.29, 1.82) is 10.5 Å². The van der Waals surface area contributed by atoms with Crippen molar-refractivity contribution in [1.82, 2.24) is 35.2 Å². The van der Waals surface area contributed by atoms with E-state index in [-0.39, 0.29) is 48.4 Å². The number of nitriles is 2. The van der Waals surface area contributed by atoms with Crippen LogP contribution in [0.25, 0.3) is 0 Å². The average molecular weight is 813 g/mol. The molecule has 2 fully saturated rings. The predicted molar refractivity (Wildman–Crippen MR) is 218 cm³/mol. The van der Waals surface area contributed by atoms with Crippen LogP contribution in [0.15, 0.2) is 42.6 Å². The molecule has 2 aliphatic heterocycles. The Bertz CT molecular complexity index is 2360. The Morgan fingerprint density at radius 3 is 2.47 bits per heavy atom. The van der Waals surface area contributed by atoms with Crippen LogP contribution >= 0.6 is 11.6 Å². The largest absolute Gasteiger partial charge is 0.490 e. The summed E-state index contributed by atoms with van der Waals surface area (Å²) >= 11 is 6.14. The van der Waals surface area contributed by atoms with Crippen molar-refractivity contribution < 1.29 is 19.1 Å². The second kappa shape index (κ2) is 17.9. The van der Waals surface area contributed by atoms with Crippen LogP contribution in [0, 0.1) is 34.5 Å². The Labute approximate surface area is 348 Å². The molecule has 8 rings (SSSR count). The lowest BCUT2D eigenvalue weighted by atomic mass is 9.92. The minimum atomic E-state index is -0.270. The van der Waals surface area contributed by atoms with Crippen LogP contribution in [0.2, 0.25) is 5.02 Å². The number of rotatable bonds is 8. The number of pyridine rings is 1. The van der Waals surface area contributed by atoms with Crippen LogP contribution in [0.3, 0.4) is 0 Å². The molecule has 2 saturated carbocycles. The molecular weight excluding hydrogens is 768 g/mol. The summed E-state index contributed by atoms with van der Waals surface area (Å²) in [6, 6.07) is 14.7. The van der Waals surface area contributed by atoms with Gasteiger partial charge in [-0.3, -0.25) is 14.3 Å². The van der Waals surface area contributed by atoms with Crippen molar-refractivity contribution in [3.05, 3.63) is 87.1 Å². The van der Waals surface area contributed by atoms with Gasteiger partial charge in [0.1, 0.15) is 35.9 Å². The third kappa shape index (κ3) is 9.02. The number of nitrogens with one attached hydrogen (secondary N) is 1. The maximum absolute atomic E-state index is 12.9. The van der Waals surface area contributed by atoms with E-state index in [0.29, 0.717) is 40.8 Å². The van der Waals surface area contributed by atoms with Gasteiger partial charge in [0.25, 0.3) is 5.91 Å². The van der Waals surface area contributed by atoms with Gasteiger partial charge in [0.2, 0.25) is 5.91 Å². The fraction of sp³-hybridized carbons (Fsp3) is 0.455. The minimum absolute atomic E-state index is 0.0108. The Balaban J connectivity index is 0.812. The fourth-order valence-corrected chi connectivity index (χ4v) is 8.89. The zero-order chi connectivity index (χ0) is 40.9. The lowest BCUT2D eigenvalue weighted by Gasteiger charge is -2.32. The summed E-state index contributed by atoms with van der Waals surface area (Å²) in [4.78, 5) is 33.9. The van der Waals surface area contributed by atoms with Gasteiger partial charge in [-0.2, -0.15) is 15.6 Å². The molecule has 2 amide bonds. The zero-order valence-corrected chi connectivity index (χ0v) is 33.7. The van der Waals surface area contributed by atoms with Gasteiger partial charge >= 0.3 is 0 Å². The van der Waals surface area contributed by atoms with Gasteiger partial charge in [-0.15, -0.1) is 10.2 Å². The first-order valence-electron chi connectivity index (χ1n) is 20.4. The number of fused-ring (bicyclic) bond motifs is 2. The Morgan fingerprint density at radius 2 is 1.75 bits per heavy atom. The molecule has 59 heavy (non-hydrogen) atoms. The summed E-state index contributed by atoms with van der Waals surface area (Å²) in [6.07, 6.45) is 11.2. The first-order valence-corrected chi connectivity index (χ1v) is 20.8. The molecule has 2 aliphatic carbocycles. The van der Waals surface area contributed by atoms with Gasteiger partial charge in [-0.1, -0.05) is 17.5 Å². The van der Waals surface area contributed by atoms with E-state index in [0.717, 1.165) is 99.8 Å². The van der Waals surface area contributed by atoms with E-state index in [9.17, 15) is 14.9 Å². The highest BCUT2D eigenvalue weighted by molar-refractivity contribution is 6.31. The first-order chi connectivity index (χ1) is 28.8. The highest BCUT2D eigenvalue weighted by Gasteiger charge is 2.34. The lowest BCUT2D eigenvalue weighted by molar-refractivity contribution is -0.129. The van der Waals surface area contributed by atoms with E-state index >= 15 is 0 Å². The van der Waals surface area contributed by atoms with Crippen molar-refractivity contribution in [3.8, 4) is 29.7 Å².